The minimum absolute atomic E-state index is 0.0750. The number of amides is 2. The molecule has 1 atom stereocenters. The van der Waals surface area contributed by atoms with Gasteiger partial charge in [0.1, 0.15) is 11.6 Å². The van der Waals surface area contributed by atoms with E-state index in [2.05, 4.69) is 15.3 Å². The summed E-state index contributed by atoms with van der Waals surface area (Å²) in [6, 6.07) is 6.08. The average molecular weight is 427 g/mol. The first kappa shape index (κ1) is 22.8. The zero-order valence-electron chi connectivity index (χ0n) is 19.0. The van der Waals surface area contributed by atoms with E-state index in [9.17, 15) is 14.0 Å². The summed E-state index contributed by atoms with van der Waals surface area (Å²) >= 11 is 0. The fraction of sp³-hybridized carbons (Fsp3) is 0.500. The second-order valence-corrected chi connectivity index (χ2v) is 9.28. The molecule has 7 heteroatoms. The van der Waals surface area contributed by atoms with Crippen molar-refractivity contribution >= 4 is 17.5 Å². The van der Waals surface area contributed by atoms with Gasteiger partial charge in [-0.3, -0.25) is 9.59 Å². The first-order valence-electron chi connectivity index (χ1n) is 10.7. The van der Waals surface area contributed by atoms with E-state index in [1.165, 1.54) is 12.1 Å². The Morgan fingerprint density at radius 3 is 2.42 bits per heavy atom. The maximum absolute atomic E-state index is 13.8. The predicted molar refractivity (Wildman–Crippen MR) is 118 cm³/mol. The van der Waals surface area contributed by atoms with Gasteiger partial charge >= 0.3 is 0 Å². The quantitative estimate of drug-likeness (QED) is 0.796. The zero-order valence-corrected chi connectivity index (χ0v) is 19.0. The zero-order chi connectivity index (χ0) is 22.8. The molecule has 0 aliphatic carbocycles. The summed E-state index contributed by atoms with van der Waals surface area (Å²) in [5, 5.41) is 2.61. The number of anilines is 1. The lowest BCUT2D eigenvalue weighted by atomic mass is 9.90. The second-order valence-electron chi connectivity index (χ2n) is 9.28. The molecule has 1 aromatic carbocycles. The molecule has 1 fully saturated rings. The third-order valence-corrected chi connectivity index (χ3v) is 5.64. The van der Waals surface area contributed by atoms with E-state index in [0.29, 0.717) is 6.54 Å². The van der Waals surface area contributed by atoms with Gasteiger partial charge in [-0.05, 0) is 38.8 Å². The van der Waals surface area contributed by atoms with Crippen LogP contribution in [0.5, 0.6) is 0 Å². The Balaban J connectivity index is 1.73. The van der Waals surface area contributed by atoms with E-state index in [-0.39, 0.29) is 29.8 Å². The van der Waals surface area contributed by atoms with Gasteiger partial charge in [0.05, 0.1) is 12.1 Å². The lowest BCUT2D eigenvalue weighted by Crippen LogP contribution is -2.45. The molecule has 0 radical (unpaired) electrons. The number of carbonyl (C=O) groups excluding carboxylic acids is 2. The normalized spacial score (nSPS) is 16.8. The van der Waals surface area contributed by atoms with Gasteiger partial charge in [0.2, 0.25) is 11.8 Å². The molecule has 31 heavy (non-hydrogen) atoms. The van der Waals surface area contributed by atoms with Crippen LogP contribution in [0.4, 0.5) is 10.1 Å². The highest BCUT2D eigenvalue weighted by Gasteiger charge is 2.32. The summed E-state index contributed by atoms with van der Waals surface area (Å²) in [6.07, 6.45) is 1.92. The number of rotatable bonds is 4. The molecular formula is C24H31FN4O2. The van der Waals surface area contributed by atoms with E-state index < -0.39 is 11.2 Å². The van der Waals surface area contributed by atoms with Crippen molar-refractivity contribution in [3.05, 3.63) is 52.9 Å². The van der Waals surface area contributed by atoms with Gasteiger partial charge in [0.25, 0.3) is 0 Å². The summed E-state index contributed by atoms with van der Waals surface area (Å²) in [4.78, 5) is 36.4. The summed E-state index contributed by atoms with van der Waals surface area (Å²) < 4.78 is 13.8. The van der Waals surface area contributed by atoms with Gasteiger partial charge in [0.15, 0.2) is 0 Å². The van der Waals surface area contributed by atoms with Crippen molar-refractivity contribution < 1.29 is 14.0 Å². The number of benzene rings is 1. The third-order valence-electron chi connectivity index (χ3n) is 5.64. The van der Waals surface area contributed by atoms with Crippen LogP contribution >= 0.6 is 0 Å². The smallest absolute Gasteiger partial charge is 0.229 e. The Bertz CT molecular complexity index is 961. The molecular weight excluding hydrogens is 395 g/mol. The summed E-state index contributed by atoms with van der Waals surface area (Å²) in [5.74, 6) is 0.167. The van der Waals surface area contributed by atoms with Crippen LogP contribution in [0.25, 0.3) is 0 Å². The van der Waals surface area contributed by atoms with Crippen LogP contribution in [0, 0.1) is 25.1 Å². The van der Waals surface area contributed by atoms with Crippen LogP contribution < -0.4 is 5.32 Å². The molecule has 0 saturated carbocycles. The molecule has 0 spiro atoms. The van der Waals surface area contributed by atoms with Crippen molar-refractivity contribution in [3.63, 3.8) is 0 Å². The Labute approximate surface area is 183 Å². The van der Waals surface area contributed by atoms with Crippen molar-refractivity contribution in [1.82, 2.24) is 14.9 Å². The standard InChI is InChI=1S/C24H31FN4O2/c1-15-18(13-21(30)28-20-11-7-6-10-19(20)25)16(2)27-22(26-15)17-9-8-12-29(14-17)23(31)24(3,4)5/h6-7,10-11,17H,8-9,12-14H2,1-5H3,(H,28,30). The summed E-state index contributed by atoms with van der Waals surface area (Å²) in [5.41, 5.74) is 1.97. The molecule has 166 valence electrons. The number of aromatic nitrogens is 2. The first-order chi connectivity index (χ1) is 14.6. The van der Waals surface area contributed by atoms with Crippen molar-refractivity contribution in [1.29, 1.82) is 0 Å². The van der Waals surface area contributed by atoms with Gasteiger partial charge in [-0.2, -0.15) is 0 Å². The molecule has 1 N–H and O–H groups in total. The SMILES string of the molecule is Cc1nc(C2CCCN(C(=O)C(C)(C)C)C2)nc(C)c1CC(=O)Nc1ccccc1F. The maximum Gasteiger partial charge on any atom is 0.229 e. The van der Waals surface area contributed by atoms with Gasteiger partial charge in [-0.1, -0.05) is 32.9 Å². The number of para-hydroxylation sites is 1. The van der Waals surface area contributed by atoms with E-state index in [4.69, 9.17) is 0 Å². The van der Waals surface area contributed by atoms with E-state index in [1.807, 2.05) is 39.5 Å². The van der Waals surface area contributed by atoms with Gasteiger partial charge < -0.3 is 10.2 Å². The lowest BCUT2D eigenvalue weighted by Gasteiger charge is -2.36. The number of piperidine rings is 1. The predicted octanol–water partition coefficient (Wildman–Crippen LogP) is 4.17. The van der Waals surface area contributed by atoms with E-state index >= 15 is 0 Å². The molecule has 2 heterocycles. The highest BCUT2D eigenvalue weighted by Crippen LogP contribution is 2.29. The number of aryl methyl sites for hydroxylation is 2. The summed E-state index contributed by atoms with van der Waals surface area (Å²) in [7, 11) is 0. The molecule has 1 saturated heterocycles. The van der Waals surface area contributed by atoms with Crippen LogP contribution in [0.2, 0.25) is 0 Å². The number of halogens is 1. The Morgan fingerprint density at radius 1 is 1.16 bits per heavy atom. The van der Waals surface area contributed by atoms with Crippen LogP contribution in [-0.4, -0.2) is 39.8 Å². The fourth-order valence-corrected chi connectivity index (χ4v) is 3.97. The van der Waals surface area contributed by atoms with Crippen LogP contribution in [-0.2, 0) is 16.0 Å². The molecule has 2 aromatic rings. The average Bonchev–Trinajstić information content (AvgIpc) is 2.71. The number of hydrogen-bond acceptors (Lipinski definition) is 4. The highest BCUT2D eigenvalue weighted by atomic mass is 19.1. The first-order valence-corrected chi connectivity index (χ1v) is 10.7. The molecule has 0 bridgehead atoms. The fourth-order valence-electron chi connectivity index (χ4n) is 3.97. The number of carbonyl (C=O) groups is 2. The molecule has 3 rings (SSSR count). The van der Waals surface area contributed by atoms with Crippen molar-refractivity contribution in [2.45, 2.75) is 59.8 Å². The molecule has 6 nitrogen and oxygen atoms in total. The van der Waals surface area contributed by atoms with Crippen molar-refractivity contribution in [2.75, 3.05) is 18.4 Å². The van der Waals surface area contributed by atoms with Crippen LogP contribution in [0.15, 0.2) is 24.3 Å². The molecule has 1 unspecified atom stereocenters. The maximum atomic E-state index is 13.8. The van der Waals surface area contributed by atoms with Crippen molar-refractivity contribution in [2.24, 2.45) is 5.41 Å². The number of hydrogen-bond donors (Lipinski definition) is 1. The monoisotopic (exact) mass is 426 g/mol. The Hall–Kier alpha value is -2.83. The van der Waals surface area contributed by atoms with Gasteiger partial charge in [-0.15, -0.1) is 0 Å². The van der Waals surface area contributed by atoms with Gasteiger partial charge in [0, 0.05) is 41.4 Å². The van der Waals surface area contributed by atoms with E-state index in [0.717, 1.165) is 42.2 Å². The number of nitrogens with one attached hydrogen (secondary N) is 1. The molecule has 1 aliphatic heterocycles. The lowest BCUT2D eigenvalue weighted by molar-refractivity contribution is -0.140. The molecule has 1 aliphatic rings. The molecule has 2 amide bonds. The Morgan fingerprint density at radius 2 is 1.81 bits per heavy atom. The third kappa shape index (κ3) is 5.46. The number of likely N-dealkylation sites (tertiary alicyclic amines) is 1. The highest BCUT2D eigenvalue weighted by molar-refractivity contribution is 5.92. The van der Waals surface area contributed by atoms with Gasteiger partial charge in [-0.25, -0.2) is 14.4 Å². The van der Waals surface area contributed by atoms with Crippen molar-refractivity contribution in [3.8, 4) is 0 Å². The molecule has 1 aromatic heterocycles. The largest absolute Gasteiger partial charge is 0.342 e. The van der Waals surface area contributed by atoms with Crippen LogP contribution in [0.3, 0.4) is 0 Å². The summed E-state index contributed by atoms with van der Waals surface area (Å²) in [6.45, 7) is 10.9. The van der Waals surface area contributed by atoms with E-state index in [1.54, 1.807) is 12.1 Å². The number of nitrogens with zero attached hydrogens (tertiary/aromatic N) is 3. The topological polar surface area (TPSA) is 75.2 Å². The minimum atomic E-state index is -0.470. The Kier molecular flexibility index (Phi) is 6.72. The second kappa shape index (κ2) is 9.12. The minimum Gasteiger partial charge on any atom is -0.342 e. The van der Waals surface area contributed by atoms with Crippen LogP contribution in [0.1, 0.15) is 62.3 Å².